The topological polar surface area (TPSA) is 49.8 Å². The fourth-order valence-electron chi connectivity index (χ4n) is 2.36. The van der Waals surface area contributed by atoms with E-state index >= 15 is 0 Å². The molecule has 0 unspecified atom stereocenters. The first kappa shape index (κ1) is 16.6. The molecule has 0 aliphatic carbocycles. The Labute approximate surface area is 134 Å². The molecule has 2 rings (SSSR count). The number of hydrogen-bond donors (Lipinski definition) is 1. The van der Waals surface area contributed by atoms with Crippen LogP contribution in [-0.2, 0) is 4.74 Å². The zero-order chi connectivity index (χ0) is 15.7. The van der Waals surface area contributed by atoms with Crippen LogP contribution < -0.4 is 0 Å². The summed E-state index contributed by atoms with van der Waals surface area (Å²) in [5, 5.41) is 10.9. The van der Waals surface area contributed by atoms with Gasteiger partial charge >= 0.3 is 0 Å². The lowest BCUT2D eigenvalue weighted by molar-refractivity contribution is -0.0394. The minimum Gasteiger partial charge on any atom is -0.388 e. The van der Waals surface area contributed by atoms with Gasteiger partial charge in [0.25, 0.3) is 5.91 Å². The molecular weight excluding hydrogens is 313 g/mol. The number of carbonyl (C=O) groups excluding carboxylic acids is 1. The number of carbonyl (C=O) groups is 1. The molecule has 1 N–H and O–H groups in total. The number of rotatable bonds is 3. The average Bonchev–Trinajstić information content (AvgIpc) is 2.75. The van der Waals surface area contributed by atoms with Crippen LogP contribution in [0.25, 0.3) is 0 Å². The van der Waals surface area contributed by atoms with Crippen molar-refractivity contribution in [3.8, 4) is 0 Å². The number of hydrogen-bond acceptors (Lipinski definition) is 3. The second kappa shape index (κ2) is 6.53. The zero-order valence-electron chi connectivity index (χ0n) is 12.3. The second-order valence-electron chi connectivity index (χ2n) is 5.57. The predicted molar refractivity (Wildman–Crippen MR) is 83.1 cm³/mol. The van der Waals surface area contributed by atoms with Crippen LogP contribution in [-0.4, -0.2) is 47.3 Å². The van der Waals surface area contributed by atoms with Crippen LogP contribution in [0.2, 0.25) is 10.0 Å². The summed E-state index contributed by atoms with van der Waals surface area (Å²) in [6.07, 6.45) is -1.03. The Balaban J connectivity index is 2.14. The van der Waals surface area contributed by atoms with Crippen molar-refractivity contribution in [3.63, 3.8) is 0 Å². The fourth-order valence-corrected chi connectivity index (χ4v) is 2.84. The van der Waals surface area contributed by atoms with Crippen molar-refractivity contribution in [2.24, 2.45) is 0 Å². The van der Waals surface area contributed by atoms with Crippen LogP contribution in [0.15, 0.2) is 12.1 Å². The van der Waals surface area contributed by atoms with Gasteiger partial charge in [-0.25, -0.2) is 0 Å². The number of ether oxygens (including phenoxy) is 1. The number of aliphatic hydroxyl groups excluding tert-OH is 1. The van der Waals surface area contributed by atoms with E-state index in [1.54, 1.807) is 24.0 Å². The molecule has 1 heterocycles. The molecule has 116 valence electrons. The molecule has 1 fully saturated rings. The van der Waals surface area contributed by atoms with Gasteiger partial charge in [-0.05, 0) is 38.5 Å². The normalized spacial score (nSPS) is 22.1. The fraction of sp³-hybridized carbons (Fsp3) is 0.533. The summed E-state index contributed by atoms with van der Waals surface area (Å²) in [5.41, 5.74) is 1.17. The van der Waals surface area contributed by atoms with Gasteiger partial charge in [-0.3, -0.25) is 4.79 Å². The molecule has 0 spiro atoms. The smallest absolute Gasteiger partial charge is 0.254 e. The van der Waals surface area contributed by atoms with Gasteiger partial charge in [-0.15, -0.1) is 0 Å². The van der Waals surface area contributed by atoms with Crippen LogP contribution in [0, 0.1) is 6.92 Å². The Kier molecular flexibility index (Phi) is 5.15. The predicted octanol–water partition coefficient (Wildman–Crippen LogP) is 2.91. The van der Waals surface area contributed by atoms with Crippen LogP contribution in [0.3, 0.4) is 0 Å². The lowest BCUT2D eigenvalue weighted by Gasteiger charge is -2.18. The molecule has 1 aromatic rings. The molecule has 1 aromatic carbocycles. The van der Waals surface area contributed by atoms with Crippen LogP contribution in [0.1, 0.15) is 29.8 Å². The molecule has 0 radical (unpaired) electrons. The van der Waals surface area contributed by atoms with E-state index in [0.29, 0.717) is 22.2 Å². The number of amides is 1. The van der Waals surface area contributed by atoms with Gasteiger partial charge in [0.15, 0.2) is 0 Å². The van der Waals surface area contributed by atoms with Crippen molar-refractivity contribution in [2.75, 3.05) is 13.1 Å². The van der Waals surface area contributed by atoms with Crippen molar-refractivity contribution >= 4 is 29.1 Å². The number of benzene rings is 1. The van der Waals surface area contributed by atoms with Crippen molar-refractivity contribution in [3.05, 3.63) is 33.3 Å². The third-order valence-corrected chi connectivity index (χ3v) is 4.28. The van der Waals surface area contributed by atoms with Gasteiger partial charge in [-0.1, -0.05) is 23.2 Å². The molecule has 0 saturated carbocycles. The van der Waals surface area contributed by atoms with E-state index in [1.165, 1.54) is 0 Å². The van der Waals surface area contributed by atoms with Gasteiger partial charge in [0.2, 0.25) is 0 Å². The van der Waals surface area contributed by atoms with Crippen molar-refractivity contribution in [1.82, 2.24) is 4.90 Å². The van der Waals surface area contributed by atoms with Crippen molar-refractivity contribution in [1.29, 1.82) is 0 Å². The van der Waals surface area contributed by atoms with E-state index in [9.17, 15) is 9.90 Å². The average molecular weight is 332 g/mol. The molecule has 1 aliphatic heterocycles. The number of halogens is 2. The highest BCUT2D eigenvalue weighted by atomic mass is 35.5. The maximum absolute atomic E-state index is 12.5. The van der Waals surface area contributed by atoms with Gasteiger partial charge < -0.3 is 14.7 Å². The maximum atomic E-state index is 12.5. The Hall–Kier alpha value is -0.810. The molecule has 21 heavy (non-hydrogen) atoms. The summed E-state index contributed by atoms with van der Waals surface area (Å²) in [4.78, 5) is 14.0. The maximum Gasteiger partial charge on any atom is 0.254 e. The summed E-state index contributed by atoms with van der Waals surface area (Å²) in [5.74, 6) is -0.201. The van der Waals surface area contributed by atoms with Crippen LogP contribution in [0.4, 0.5) is 0 Å². The Morgan fingerprint density at radius 1 is 1.33 bits per heavy atom. The lowest BCUT2D eigenvalue weighted by Crippen LogP contribution is -2.31. The van der Waals surface area contributed by atoms with Gasteiger partial charge in [0.05, 0.1) is 12.2 Å². The standard InChI is InChI=1S/C15H19Cl2NO3/c1-8(2)21-14-7-18(6-13(14)19)15(20)10-4-11(16)9(3)12(17)5-10/h4-5,8,13-14,19H,6-7H2,1-3H3/t13-,14-/m0/s1. The third-order valence-electron chi connectivity index (χ3n) is 3.50. The Morgan fingerprint density at radius 2 is 1.90 bits per heavy atom. The van der Waals surface area contributed by atoms with Gasteiger partial charge in [0.1, 0.15) is 6.10 Å². The summed E-state index contributed by atoms with van der Waals surface area (Å²) >= 11 is 12.1. The summed E-state index contributed by atoms with van der Waals surface area (Å²) < 4.78 is 5.61. The largest absolute Gasteiger partial charge is 0.388 e. The highest BCUT2D eigenvalue weighted by molar-refractivity contribution is 6.36. The molecule has 1 aliphatic rings. The SMILES string of the molecule is Cc1c(Cl)cc(C(=O)N2C[C@H](OC(C)C)[C@@H](O)C2)cc1Cl. The van der Waals surface area contributed by atoms with E-state index in [-0.39, 0.29) is 24.7 Å². The van der Waals surface area contributed by atoms with E-state index in [2.05, 4.69) is 0 Å². The molecule has 1 amide bonds. The molecule has 1 saturated heterocycles. The number of β-amino-alcohol motifs (C(OH)–C–C–N with tert-alkyl or cyclic N) is 1. The second-order valence-corrected chi connectivity index (χ2v) is 6.38. The summed E-state index contributed by atoms with van der Waals surface area (Å²) in [7, 11) is 0. The number of aliphatic hydroxyl groups is 1. The highest BCUT2D eigenvalue weighted by Gasteiger charge is 2.35. The molecule has 6 heteroatoms. The van der Waals surface area contributed by atoms with Gasteiger partial charge in [-0.2, -0.15) is 0 Å². The molecule has 4 nitrogen and oxygen atoms in total. The van der Waals surface area contributed by atoms with Crippen LogP contribution in [0.5, 0.6) is 0 Å². The quantitative estimate of drug-likeness (QED) is 0.926. The molecule has 0 bridgehead atoms. The summed E-state index contributed by atoms with van der Waals surface area (Å²) in [6.45, 7) is 6.21. The van der Waals surface area contributed by atoms with E-state index in [0.717, 1.165) is 5.56 Å². The minimum atomic E-state index is -0.673. The number of likely N-dealkylation sites (tertiary alicyclic amines) is 1. The first-order chi connectivity index (χ1) is 9.79. The number of nitrogens with zero attached hydrogens (tertiary/aromatic N) is 1. The van der Waals surface area contributed by atoms with Crippen LogP contribution >= 0.6 is 23.2 Å². The van der Waals surface area contributed by atoms with E-state index < -0.39 is 6.10 Å². The molecular formula is C15H19Cl2NO3. The van der Waals surface area contributed by atoms with Crippen molar-refractivity contribution < 1.29 is 14.6 Å². The van der Waals surface area contributed by atoms with Crippen molar-refractivity contribution in [2.45, 2.75) is 39.1 Å². The lowest BCUT2D eigenvalue weighted by atomic mass is 10.1. The third kappa shape index (κ3) is 3.69. The van der Waals surface area contributed by atoms with E-state index in [1.807, 2.05) is 13.8 Å². The molecule has 0 aromatic heterocycles. The Morgan fingerprint density at radius 3 is 2.43 bits per heavy atom. The van der Waals surface area contributed by atoms with E-state index in [4.69, 9.17) is 27.9 Å². The first-order valence-corrected chi connectivity index (χ1v) is 7.63. The zero-order valence-corrected chi connectivity index (χ0v) is 13.8. The Bertz CT molecular complexity index is 525. The monoisotopic (exact) mass is 331 g/mol. The highest BCUT2D eigenvalue weighted by Crippen LogP contribution is 2.27. The first-order valence-electron chi connectivity index (χ1n) is 6.88. The van der Waals surface area contributed by atoms with Gasteiger partial charge in [0, 0.05) is 28.7 Å². The summed E-state index contributed by atoms with van der Waals surface area (Å²) in [6, 6.07) is 3.21. The minimum absolute atomic E-state index is 0.00275. The molecule has 2 atom stereocenters.